The van der Waals surface area contributed by atoms with Crippen molar-refractivity contribution in [2.45, 2.75) is 37.9 Å². The highest BCUT2D eigenvalue weighted by molar-refractivity contribution is 7.98. The number of aryl methyl sites for hydroxylation is 1. The zero-order valence-corrected chi connectivity index (χ0v) is 12.8. The number of carboxylic acids is 1. The van der Waals surface area contributed by atoms with Gasteiger partial charge in [0.25, 0.3) is 5.56 Å². The van der Waals surface area contributed by atoms with Gasteiger partial charge in [-0.25, -0.2) is 14.8 Å². The van der Waals surface area contributed by atoms with Crippen molar-refractivity contribution in [2.75, 3.05) is 6.26 Å². The number of carbonyl (C=O) groups is 1. The lowest BCUT2D eigenvalue weighted by molar-refractivity contribution is 0.0694. The molecule has 0 aliphatic rings. The first-order chi connectivity index (χ1) is 10.1. The van der Waals surface area contributed by atoms with Gasteiger partial charge in [0, 0.05) is 18.1 Å². The molecule has 21 heavy (non-hydrogen) atoms. The van der Waals surface area contributed by atoms with E-state index in [0.717, 1.165) is 19.3 Å². The van der Waals surface area contributed by atoms with Gasteiger partial charge in [0.1, 0.15) is 11.2 Å². The Morgan fingerprint density at radius 2 is 2.19 bits per heavy atom. The van der Waals surface area contributed by atoms with Gasteiger partial charge in [-0.1, -0.05) is 31.5 Å². The van der Waals surface area contributed by atoms with E-state index >= 15 is 0 Å². The Hall–Kier alpha value is -1.89. The van der Waals surface area contributed by atoms with Crippen LogP contribution in [0, 0.1) is 0 Å². The molecule has 0 spiro atoms. The second-order valence-corrected chi connectivity index (χ2v) is 5.44. The average molecular weight is 307 g/mol. The van der Waals surface area contributed by atoms with Crippen molar-refractivity contribution < 1.29 is 9.90 Å². The molecule has 0 radical (unpaired) electrons. The summed E-state index contributed by atoms with van der Waals surface area (Å²) in [5.41, 5.74) is -0.239. The Morgan fingerprint density at radius 1 is 1.43 bits per heavy atom. The first-order valence-electron chi connectivity index (χ1n) is 6.76. The second kappa shape index (κ2) is 6.71. The Bertz CT molecular complexity index is 727. The minimum atomic E-state index is -1.22. The molecule has 7 heteroatoms. The third kappa shape index (κ3) is 3.24. The van der Waals surface area contributed by atoms with Crippen LogP contribution in [-0.2, 0) is 6.54 Å². The van der Waals surface area contributed by atoms with Gasteiger partial charge in [-0.2, -0.15) is 0 Å². The van der Waals surface area contributed by atoms with Gasteiger partial charge in [-0.05, 0) is 18.7 Å². The van der Waals surface area contributed by atoms with Crippen molar-refractivity contribution in [3.8, 4) is 0 Å². The summed E-state index contributed by atoms with van der Waals surface area (Å²) in [5.74, 6) is -1.22. The van der Waals surface area contributed by atoms with Crippen LogP contribution in [0.5, 0.6) is 0 Å². The van der Waals surface area contributed by atoms with Gasteiger partial charge in [0.05, 0.1) is 0 Å². The van der Waals surface area contributed by atoms with Crippen molar-refractivity contribution >= 4 is 28.8 Å². The van der Waals surface area contributed by atoms with Crippen molar-refractivity contribution in [1.29, 1.82) is 0 Å². The Morgan fingerprint density at radius 3 is 2.81 bits per heavy atom. The zero-order chi connectivity index (χ0) is 15.4. The number of nitrogens with zero attached hydrogens (tertiary/aromatic N) is 3. The molecule has 2 heterocycles. The zero-order valence-electron chi connectivity index (χ0n) is 12.0. The number of aromatic carboxylic acids is 1. The quantitative estimate of drug-likeness (QED) is 0.501. The molecule has 112 valence electrons. The third-order valence-electron chi connectivity index (χ3n) is 3.20. The maximum absolute atomic E-state index is 12.3. The lowest BCUT2D eigenvalue weighted by Crippen LogP contribution is -2.27. The molecule has 0 amide bonds. The van der Waals surface area contributed by atoms with Crippen molar-refractivity contribution in [3.63, 3.8) is 0 Å². The van der Waals surface area contributed by atoms with Crippen molar-refractivity contribution in [1.82, 2.24) is 14.5 Å². The molecule has 0 aliphatic carbocycles. The average Bonchev–Trinajstić information content (AvgIpc) is 2.48. The summed E-state index contributed by atoms with van der Waals surface area (Å²) in [6.07, 6.45) is 6.23. The third-order valence-corrected chi connectivity index (χ3v) is 3.76. The summed E-state index contributed by atoms with van der Waals surface area (Å²) in [5, 5.41) is 10.3. The smallest absolute Gasteiger partial charge is 0.341 e. The predicted octanol–water partition coefficient (Wildman–Crippen LogP) is 2.40. The number of rotatable bonds is 6. The fourth-order valence-corrected chi connectivity index (χ4v) is 2.46. The minimum absolute atomic E-state index is 0.237. The van der Waals surface area contributed by atoms with Gasteiger partial charge in [0.15, 0.2) is 5.16 Å². The second-order valence-electron chi connectivity index (χ2n) is 4.66. The summed E-state index contributed by atoms with van der Waals surface area (Å²) < 4.78 is 1.45. The molecule has 0 aliphatic heterocycles. The van der Waals surface area contributed by atoms with Gasteiger partial charge >= 0.3 is 5.97 Å². The largest absolute Gasteiger partial charge is 0.477 e. The van der Waals surface area contributed by atoms with Crippen LogP contribution >= 0.6 is 11.8 Å². The molecule has 0 saturated carbocycles. The fourth-order valence-electron chi connectivity index (χ4n) is 2.12. The molecule has 2 rings (SSSR count). The summed E-state index contributed by atoms with van der Waals surface area (Å²) >= 11 is 1.38. The normalized spacial score (nSPS) is 11.0. The molecular weight excluding hydrogens is 290 g/mol. The number of unbranched alkanes of at least 4 members (excludes halogenated alkanes) is 2. The highest BCUT2D eigenvalue weighted by Gasteiger charge is 2.16. The highest BCUT2D eigenvalue weighted by atomic mass is 32.2. The van der Waals surface area contributed by atoms with E-state index < -0.39 is 11.5 Å². The van der Waals surface area contributed by atoms with Crippen LogP contribution in [0.2, 0.25) is 0 Å². The maximum Gasteiger partial charge on any atom is 0.341 e. The maximum atomic E-state index is 12.3. The summed E-state index contributed by atoms with van der Waals surface area (Å²) in [7, 11) is 0. The monoisotopic (exact) mass is 307 g/mol. The molecule has 2 aromatic rings. The van der Waals surface area contributed by atoms with Crippen LogP contribution in [0.25, 0.3) is 11.0 Å². The van der Waals surface area contributed by atoms with Crippen LogP contribution < -0.4 is 5.56 Å². The van der Waals surface area contributed by atoms with Crippen molar-refractivity contribution in [2.24, 2.45) is 0 Å². The number of aromatic nitrogens is 3. The van der Waals surface area contributed by atoms with Crippen LogP contribution in [0.1, 0.15) is 36.5 Å². The van der Waals surface area contributed by atoms with E-state index in [1.807, 2.05) is 6.26 Å². The molecule has 2 aromatic heterocycles. The molecule has 6 nitrogen and oxygen atoms in total. The highest BCUT2D eigenvalue weighted by Crippen LogP contribution is 2.16. The van der Waals surface area contributed by atoms with Crippen LogP contribution in [0.15, 0.2) is 22.2 Å². The van der Waals surface area contributed by atoms with E-state index in [9.17, 15) is 9.59 Å². The van der Waals surface area contributed by atoms with Crippen molar-refractivity contribution in [3.05, 3.63) is 28.2 Å². The Balaban J connectivity index is 2.65. The first kappa shape index (κ1) is 15.5. The topological polar surface area (TPSA) is 85.1 Å². The van der Waals surface area contributed by atoms with Gasteiger partial charge in [0.2, 0.25) is 0 Å². The van der Waals surface area contributed by atoms with Gasteiger partial charge in [-0.15, -0.1) is 0 Å². The molecule has 0 saturated heterocycles. The molecule has 0 bridgehead atoms. The molecule has 0 unspecified atom stereocenters. The molecular formula is C14H17N3O3S. The SMILES string of the molecule is CCCCCn1c(=O)c(C(=O)O)cc2cnc(SC)nc21. The molecule has 0 atom stereocenters. The summed E-state index contributed by atoms with van der Waals surface area (Å²) in [6.45, 7) is 2.54. The molecule has 1 N–H and O–H groups in total. The summed E-state index contributed by atoms with van der Waals surface area (Å²) in [6, 6.07) is 1.35. The van der Waals surface area contributed by atoms with E-state index in [0.29, 0.717) is 22.7 Å². The standard InChI is InChI=1S/C14H17N3O3S/c1-3-4-5-6-17-11-9(8-15-14(16-11)21-2)7-10(12(17)18)13(19)20/h7-8H,3-6H2,1-2H3,(H,19,20). The number of pyridine rings is 1. The number of fused-ring (bicyclic) bond motifs is 1. The lowest BCUT2D eigenvalue weighted by atomic mass is 10.2. The van der Waals surface area contributed by atoms with E-state index in [-0.39, 0.29) is 5.56 Å². The van der Waals surface area contributed by atoms with Crippen LogP contribution in [-0.4, -0.2) is 31.9 Å². The molecule has 0 fully saturated rings. The van der Waals surface area contributed by atoms with Crippen LogP contribution in [0.4, 0.5) is 0 Å². The van der Waals surface area contributed by atoms with E-state index in [2.05, 4.69) is 16.9 Å². The van der Waals surface area contributed by atoms with Gasteiger partial charge in [-0.3, -0.25) is 9.36 Å². The van der Waals surface area contributed by atoms with Crippen LogP contribution in [0.3, 0.4) is 0 Å². The number of thioether (sulfide) groups is 1. The van der Waals surface area contributed by atoms with E-state index in [1.165, 1.54) is 22.4 Å². The van der Waals surface area contributed by atoms with E-state index in [1.54, 1.807) is 6.20 Å². The lowest BCUT2D eigenvalue weighted by Gasteiger charge is -2.11. The predicted molar refractivity (Wildman–Crippen MR) is 82.1 cm³/mol. The molecule has 0 aromatic carbocycles. The first-order valence-corrected chi connectivity index (χ1v) is 7.98. The minimum Gasteiger partial charge on any atom is -0.477 e. The number of hydrogen-bond donors (Lipinski definition) is 1. The number of carboxylic acid groups (broad SMARTS) is 1. The van der Waals surface area contributed by atoms with Gasteiger partial charge < -0.3 is 5.11 Å². The summed E-state index contributed by atoms with van der Waals surface area (Å²) in [4.78, 5) is 32.0. The Kier molecular flexibility index (Phi) is 4.95. The fraction of sp³-hybridized carbons (Fsp3) is 0.429. The van der Waals surface area contributed by atoms with E-state index in [4.69, 9.17) is 5.11 Å². The number of hydrogen-bond acceptors (Lipinski definition) is 5. The Labute approximate surface area is 126 Å².